The van der Waals surface area contributed by atoms with Crippen LogP contribution in [-0.4, -0.2) is 29.8 Å². The van der Waals surface area contributed by atoms with Crippen molar-refractivity contribution in [2.24, 2.45) is 0 Å². The van der Waals surface area contributed by atoms with Crippen molar-refractivity contribution in [2.45, 2.75) is 25.3 Å². The number of furan rings is 1. The van der Waals surface area contributed by atoms with Gasteiger partial charge >= 0.3 is 0 Å². The van der Waals surface area contributed by atoms with Gasteiger partial charge in [0.15, 0.2) is 0 Å². The molecule has 2 heterocycles. The summed E-state index contributed by atoms with van der Waals surface area (Å²) in [5.41, 5.74) is 2.45. The topological polar surface area (TPSA) is 62.6 Å². The molecule has 0 unspecified atom stereocenters. The zero-order chi connectivity index (χ0) is 20.1. The van der Waals surface area contributed by atoms with Gasteiger partial charge in [-0.1, -0.05) is 30.3 Å². The first-order valence-corrected chi connectivity index (χ1v) is 9.95. The fraction of sp³-hybridized carbons (Fsp3) is 0.250. The lowest BCUT2D eigenvalue weighted by Crippen LogP contribution is -2.39. The average molecular weight is 388 g/mol. The van der Waals surface area contributed by atoms with Crippen LogP contribution in [0.1, 0.15) is 50.8 Å². The highest BCUT2D eigenvalue weighted by molar-refractivity contribution is 5.95. The number of rotatable bonds is 5. The third-order valence-corrected chi connectivity index (χ3v) is 5.35. The maximum absolute atomic E-state index is 12.8. The second-order valence-electron chi connectivity index (χ2n) is 7.34. The van der Waals surface area contributed by atoms with Gasteiger partial charge in [-0.25, -0.2) is 0 Å². The minimum absolute atomic E-state index is 0.0719. The van der Waals surface area contributed by atoms with Gasteiger partial charge in [-0.3, -0.25) is 9.59 Å². The molecule has 0 bridgehead atoms. The molecule has 5 heteroatoms. The van der Waals surface area contributed by atoms with Gasteiger partial charge in [0.1, 0.15) is 5.76 Å². The quantitative estimate of drug-likeness (QED) is 0.711. The van der Waals surface area contributed by atoms with E-state index in [-0.39, 0.29) is 17.7 Å². The zero-order valence-electron chi connectivity index (χ0n) is 16.2. The average Bonchev–Trinajstić information content (AvgIpc) is 3.31. The second kappa shape index (κ2) is 8.78. The Labute approximate surface area is 170 Å². The molecule has 1 aliphatic heterocycles. The molecule has 0 saturated carbocycles. The number of likely N-dealkylation sites (tertiary alicyclic amines) is 1. The van der Waals surface area contributed by atoms with Crippen LogP contribution in [0.15, 0.2) is 77.4 Å². The van der Waals surface area contributed by atoms with Gasteiger partial charge < -0.3 is 14.6 Å². The van der Waals surface area contributed by atoms with Crippen molar-refractivity contribution in [3.63, 3.8) is 0 Å². The van der Waals surface area contributed by atoms with Crippen LogP contribution < -0.4 is 5.32 Å². The Balaban J connectivity index is 1.43. The van der Waals surface area contributed by atoms with Gasteiger partial charge in [0.2, 0.25) is 0 Å². The molecule has 1 fully saturated rings. The lowest BCUT2D eigenvalue weighted by molar-refractivity contribution is 0.0706. The summed E-state index contributed by atoms with van der Waals surface area (Å²) in [7, 11) is 0. The third kappa shape index (κ3) is 4.57. The number of nitrogens with zero attached hydrogens (tertiary/aromatic N) is 1. The Morgan fingerprint density at radius 1 is 1.00 bits per heavy atom. The van der Waals surface area contributed by atoms with E-state index in [9.17, 15) is 9.59 Å². The summed E-state index contributed by atoms with van der Waals surface area (Å²) in [4.78, 5) is 27.2. The Morgan fingerprint density at radius 3 is 2.62 bits per heavy atom. The molecule has 5 nitrogen and oxygen atoms in total. The Bertz CT molecular complexity index is 967. The number of nitrogens with one attached hydrogen (secondary N) is 1. The number of amides is 2. The van der Waals surface area contributed by atoms with E-state index in [2.05, 4.69) is 5.32 Å². The normalized spacial score (nSPS) is 16.4. The van der Waals surface area contributed by atoms with Crippen LogP contribution in [-0.2, 0) is 6.54 Å². The summed E-state index contributed by atoms with van der Waals surface area (Å²) in [5, 5.41) is 2.88. The summed E-state index contributed by atoms with van der Waals surface area (Å²) < 4.78 is 5.26. The molecule has 2 aromatic carbocycles. The lowest BCUT2D eigenvalue weighted by Gasteiger charge is -2.33. The first kappa shape index (κ1) is 19.0. The van der Waals surface area contributed by atoms with Crippen molar-refractivity contribution in [1.29, 1.82) is 0 Å². The maximum Gasteiger partial charge on any atom is 0.253 e. The van der Waals surface area contributed by atoms with E-state index in [1.165, 1.54) is 0 Å². The number of hydrogen-bond donors (Lipinski definition) is 1. The van der Waals surface area contributed by atoms with Crippen molar-refractivity contribution in [3.8, 4) is 0 Å². The van der Waals surface area contributed by atoms with E-state index in [4.69, 9.17) is 4.42 Å². The molecule has 148 valence electrons. The molecule has 4 rings (SSSR count). The minimum Gasteiger partial charge on any atom is -0.467 e. The highest BCUT2D eigenvalue weighted by atomic mass is 16.3. The predicted molar refractivity (Wildman–Crippen MR) is 111 cm³/mol. The van der Waals surface area contributed by atoms with Crippen molar-refractivity contribution >= 4 is 11.8 Å². The molecule has 2 amide bonds. The van der Waals surface area contributed by atoms with Crippen LogP contribution in [0, 0.1) is 0 Å². The van der Waals surface area contributed by atoms with Gasteiger partial charge in [0.05, 0.1) is 12.8 Å². The van der Waals surface area contributed by atoms with E-state index in [1.54, 1.807) is 12.3 Å². The zero-order valence-corrected chi connectivity index (χ0v) is 16.2. The molecule has 1 aromatic heterocycles. The smallest absolute Gasteiger partial charge is 0.253 e. The molecule has 0 spiro atoms. The SMILES string of the molecule is O=C(NCc1ccco1)c1cccc([C@@H]2CCCN(C(=O)c3ccccc3)C2)c1. The van der Waals surface area contributed by atoms with Crippen molar-refractivity contribution < 1.29 is 14.0 Å². The van der Waals surface area contributed by atoms with Crippen LogP contribution in [0.4, 0.5) is 0 Å². The van der Waals surface area contributed by atoms with Crippen LogP contribution in [0.25, 0.3) is 0 Å². The highest BCUT2D eigenvalue weighted by Gasteiger charge is 2.25. The van der Waals surface area contributed by atoms with Crippen LogP contribution in [0.3, 0.4) is 0 Å². The molecule has 1 atom stereocenters. The van der Waals surface area contributed by atoms with Crippen molar-refractivity contribution in [3.05, 3.63) is 95.4 Å². The second-order valence-corrected chi connectivity index (χ2v) is 7.34. The van der Waals surface area contributed by atoms with Gasteiger partial charge in [-0.15, -0.1) is 0 Å². The molecule has 3 aromatic rings. The van der Waals surface area contributed by atoms with Crippen LogP contribution in [0.5, 0.6) is 0 Å². The Kier molecular flexibility index (Phi) is 5.75. The minimum atomic E-state index is -0.128. The fourth-order valence-electron chi connectivity index (χ4n) is 3.81. The number of benzene rings is 2. The summed E-state index contributed by atoms with van der Waals surface area (Å²) >= 11 is 0. The Morgan fingerprint density at radius 2 is 1.83 bits per heavy atom. The fourth-order valence-corrected chi connectivity index (χ4v) is 3.81. The van der Waals surface area contributed by atoms with Crippen LogP contribution >= 0.6 is 0 Å². The molecule has 1 N–H and O–H groups in total. The van der Waals surface area contributed by atoms with Gasteiger partial charge in [0, 0.05) is 30.1 Å². The summed E-state index contributed by atoms with van der Waals surface area (Å²) in [6.07, 6.45) is 3.56. The third-order valence-electron chi connectivity index (χ3n) is 5.35. The van der Waals surface area contributed by atoms with Crippen molar-refractivity contribution in [1.82, 2.24) is 10.2 Å². The van der Waals surface area contributed by atoms with E-state index < -0.39 is 0 Å². The molecule has 29 heavy (non-hydrogen) atoms. The monoisotopic (exact) mass is 388 g/mol. The molecule has 0 aliphatic carbocycles. The molecular formula is C24H24N2O3. The predicted octanol–water partition coefficient (Wildman–Crippen LogP) is 4.23. The number of carbonyl (C=O) groups excluding carboxylic acids is 2. The van der Waals surface area contributed by atoms with Gasteiger partial charge in [-0.2, -0.15) is 0 Å². The van der Waals surface area contributed by atoms with E-state index >= 15 is 0 Å². The van der Waals surface area contributed by atoms with Crippen LogP contribution in [0.2, 0.25) is 0 Å². The van der Waals surface area contributed by atoms with E-state index in [0.717, 1.165) is 36.3 Å². The molecule has 0 radical (unpaired) electrons. The summed E-state index contributed by atoms with van der Waals surface area (Å²) in [6, 6.07) is 20.8. The van der Waals surface area contributed by atoms with E-state index in [1.807, 2.05) is 65.6 Å². The van der Waals surface area contributed by atoms with Gasteiger partial charge in [-0.05, 0) is 54.8 Å². The number of piperidine rings is 1. The first-order valence-electron chi connectivity index (χ1n) is 9.95. The van der Waals surface area contributed by atoms with E-state index in [0.29, 0.717) is 18.7 Å². The summed E-state index contributed by atoms with van der Waals surface area (Å²) in [6.45, 7) is 1.80. The molecule has 1 saturated heterocycles. The Hall–Kier alpha value is -3.34. The number of hydrogen-bond acceptors (Lipinski definition) is 3. The first-order chi connectivity index (χ1) is 14.2. The lowest BCUT2D eigenvalue weighted by atomic mass is 9.89. The summed E-state index contributed by atoms with van der Waals surface area (Å²) in [5.74, 6) is 0.894. The molecular weight excluding hydrogens is 364 g/mol. The standard InChI is InChI=1S/C24H24N2O3/c27-23(25-16-22-12-6-14-29-22)20-10-4-9-19(15-20)21-11-5-13-26(17-21)24(28)18-7-2-1-3-8-18/h1-4,6-10,12,14-15,21H,5,11,13,16-17H2,(H,25,27)/t21-/m1/s1. The van der Waals surface area contributed by atoms with Crippen molar-refractivity contribution in [2.75, 3.05) is 13.1 Å². The maximum atomic E-state index is 12.8. The van der Waals surface area contributed by atoms with Gasteiger partial charge in [0.25, 0.3) is 11.8 Å². The highest BCUT2D eigenvalue weighted by Crippen LogP contribution is 2.28. The number of carbonyl (C=O) groups is 2. The largest absolute Gasteiger partial charge is 0.467 e. The molecule has 1 aliphatic rings.